The van der Waals surface area contributed by atoms with Crippen molar-refractivity contribution < 1.29 is 52.1 Å². The fraction of sp³-hybridized carbons (Fsp3) is 1.00. The number of hydrogen-bond acceptors (Lipinski definition) is 11. The van der Waals surface area contributed by atoms with Crippen LogP contribution in [0.3, 0.4) is 0 Å². The van der Waals surface area contributed by atoms with Crippen molar-refractivity contribution in [2.75, 3.05) is 139 Å². The van der Waals surface area contributed by atoms with Gasteiger partial charge in [0.25, 0.3) is 0 Å². The predicted octanol–water partition coefficient (Wildman–Crippen LogP) is 5.89. The molecular formula is C36H74O11. The first kappa shape index (κ1) is 46.6. The maximum absolute atomic E-state index is 5.66. The molecular weight excluding hydrogens is 608 g/mol. The van der Waals surface area contributed by atoms with E-state index in [9.17, 15) is 0 Å². The van der Waals surface area contributed by atoms with E-state index in [2.05, 4.69) is 6.92 Å². The maximum atomic E-state index is 5.66. The lowest BCUT2D eigenvalue weighted by molar-refractivity contribution is -0.0286. The summed E-state index contributed by atoms with van der Waals surface area (Å²) in [5, 5.41) is 0. The van der Waals surface area contributed by atoms with Crippen LogP contribution in [0.4, 0.5) is 0 Å². The van der Waals surface area contributed by atoms with Gasteiger partial charge in [-0.2, -0.15) is 0 Å². The molecule has 284 valence electrons. The minimum atomic E-state index is 0.235. The molecule has 0 atom stereocenters. The van der Waals surface area contributed by atoms with Crippen molar-refractivity contribution in [3.05, 3.63) is 0 Å². The summed E-state index contributed by atoms with van der Waals surface area (Å²) in [6, 6.07) is 0. The van der Waals surface area contributed by atoms with Crippen LogP contribution in [0.2, 0.25) is 0 Å². The van der Waals surface area contributed by atoms with E-state index in [-0.39, 0.29) is 6.10 Å². The van der Waals surface area contributed by atoms with Gasteiger partial charge in [0.2, 0.25) is 0 Å². The summed E-state index contributed by atoms with van der Waals surface area (Å²) in [5.41, 5.74) is 0. The fourth-order valence-corrected chi connectivity index (χ4v) is 4.29. The number of hydrogen-bond donors (Lipinski definition) is 0. The topological polar surface area (TPSA) is 102 Å². The average molecular weight is 683 g/mol. The normalized spacial score (nSPS) is 11.7. The number of unbranched alkanes of at least 4 members (excludes halogenated alkanes) is 10. The van der Waals surface area contributed by atoms with Gasteiger partial charge in [-0.15, -0.1) is 0 Å². The van der Waals surface area contributed by atoms with E-state index in [1.54, 1.807) is 0 Å². The van der Waals surface area contributed by atoms with Gasteiger partial charge in [-0.05, 0) is 20.3 Å². The summed E-state index contributed by atoms with van der Waals surface area (Å²) >= 11 is 0. The zero-order valence-corrected chi connectivity index (χ0v) is 30.7. The van der Waals surface area contributed by atoms with Crippen molar-refractivity contribution in [2.45, 2.75) is 97.5 Å². The molecule has 0 saturated carbocycles. The van der Waals surface area contributed by atoms with Gasteiger partial charge in [-0.3, -0.25) is 0 Å². The van der Waals surface area contributed by atoms with Crippen molar-refractivity contribution in [1.82, 2.24) is 0 Å². The predicted molar refractivity (Wildman–Crippen MR) is 186 cm³/mol. The molecule has 0 heterocycles. The number of rotatable bonds is 43. The van der Waals surface area contributed by atoms with Crippen LogP contribution < -0.4 is 0 Å². The smallest absolute Gasteiger partial charge is 0.0703 e. The van der Waals surface area contributed by atoms with Crippen LogP contribution in [-0.4, -0.2) is 145 Å². The van der Waals surface area contributed by atoms with E-state index in [1.807, 2.05) is 13.8 Å². The second-order valence-electron chi connectivity index (χ2n) is 11.6. The van der Waals surface area contributed by atoms with E-state index in [0.29, 0.717) is 132 Å². The van der Waals surface area contributed by atoms with E-state index in [4.69, 9.17) is 52.1 Å². The molecule has 0 spiro atoms. The molecule has 0 aromatic carbocycles. The van der Waals surface area contributed by atoms with Crippen molar-refractivity contribution in [1.29, 1.82) is 0 Å². The zero-order valence-electron chi connectivity index (χ0n) is 30.7. The standard InChI is InChI=1S/C36H74O11/c1-4-5-6-7-8-9-10-11-12-13-14-15-37-16-17-38-18-19-39-20-21-40-22-23-41-24-25-42-26-27-43-28-29-44-30-31-45-32-33-46-34-35-47-36(2)3/h36H,4-35H2,1-3H3. The summed E-state index contributed by atoms with van der Waals surface area (Å²) in [5.74, 6) is 0. The Morgan fingerprint density at radius 2 is 0.468 bits per heavy atom. The summed E-state index contributed by atoms with van der Waals surface area (Å²) in [7, 11) is 0. The van der Waals surface area contributed by atoms with Gasteiger partial charge in [-0.1, -0.05) is 71.1 Å². The molecule has 47 heavy (non-hydrogen) atoms. The van der Waals surface area contributed by atoms with Gasteiger partial charge in [0.05, 0.1) is 138 Å². The van der Waals surface area contributed by atoms with E-state index in [0.717, 1.165) is 13.0 Å². The van der Waals surface area contributed by atoms with Crippen LogP contribution in [0.25, 0.3) is 0 Å². The molecule has 0 rings (SSSR count). The average Bonchev–Trinajstić information content (AvgIpc) is 3.07. The second kappa shape index (κ2) is 43.6. The summed E-state index contributed by atoms with van der Waals surface area (Å²) < 4.78 is 60.5. The first-order chi connectivity index (χ1) is 23.3. The Kier molecular flexibility index (Phi) is 43.2. The molecule has 0 aromatic heterocycles. The molecule has 0 N–H and O–H groups in total. The third kappa shape index (κ3) is 45.6. The first-order valence-electron chi connectivity index (χ1n) is 18.7. The third-order valence-electron chi connectivity index (χ3n) is 6.92. The molecule has 0 aromatic rings. The third-order valence-corrected chi connectivity index (χ3v) is 6.92. The van der Waals surface area contributed by atoms with Crippen molar-refractivity contribution in [2.24, 2.45) is 0 Å². The highest BCUT2D eigenvalue weighted by Crippen LogP contribution is 2.11. The Morgan fingerprint density at radius 3 is 0.723 bits per heavy atom. The maximum Gasteiger partial charge on any atom is 0.0703 e. The van der Waals surface area contributed by atoms with Gasteiger partial charge in [-0.25, -0.2) is 0 Å². The molecule has 0 radical (unpaired) electrons. The highest BCUT2D eigenvalue weighted by molar-refractivity contribution is 4.48. The second-order valence-corrected chi connectivity index (χ2v) is 11.6. The molecule has 0 amide bonds. The molecule has 11 heteroatoms. The van der Waals surface area contributed by atoms with Crippen LogP contribution in [0, 0.1) is 0 Å². The van der Waals surface area contributed by atoms with Crippen LogP contribution >= 0.6 is 0 Å². The van der Waals surface area contributed by atoms with Crippen LogP contribution in [0.1, 0.15) is 91.4 Å². The lowest BCUT2D eigenvalue weighted by atomic mass is 10.1. The van der Waals surface area contributed by atoms with Gasteiger partial charge < -0.3 is 52.1 Å². The van der Waals surface area contributed by atoms with E-state index >= 15 is 0 Å². The van der Waals surface area contributed by atoms with Gasteiger partial charge >= 0.3 is 0 Å². The Hall–Kier alpha value is -0.440. The van der Waals surface area contributed by atoms with Crippen molar-refractivity contribution in [3.63, 3.8) is 0 Å². The monoisotopic (exact) mass is 683 g/mol. The van der Waals surface area contributed by atoms with Gasteiger partial charge in [0, 0.05) is 6.61 Å². The zero-order chi connectivity index (χ0) is 34.0. The van der Waals surface area contributed by atoms with Crippen LogP contribution in [-0.2, 0) is 52.1 Å². The Labute approximate surface area is 288 Å². The van der Waals surface area contributed by atoms with Crippen molar-refractivity contribution >= 4 is 0 Å². The molecule has 0 aliphatic carbocycles. The van der Waals surface area contributed by atoms with Crippen molar-refractivity contribution in [3.8, 4) is 0 Å². The van der Waals surface area contributed by atoms with E-state index in [1.165, 1.54) is 64.2 Å². The first-order valence-corrected chi connectivity index (χ1v) is 18.7. The SMILES string of the molecule is CCCCCCCCCCCCCOCCOCCOCCOCCOCCOCCOCCOCCOCCOCCOC(C)C. The minimum Gasteiger partial charge on any atom is -0.379 e. The number of ether oxygens (including phenoxy) is 11. The highest BCUT2D eigenvalue weighted by Gasteiger charge is 1.98. The highest BCUT2D eigenvalue weighted by atomic mass is 16.6. The molecule has 11 nitrogen and oxygen atoms in total. The van der Waals surface area contributed by atoms with Gasteiger partial charge in [0.1, 0.15) is 0 Å². The largest absolute Gasteiger partial charge is 0.379 e. The molecule has 0 aliphatic heterocycles. The Morgan fingerprint density at radius 1 is 0.255 bits per heavy atom. The summed E-state index contributed by atoms with van der Waals surface area (Å²) in [6.07, 6.45) is 15.1. The van der Waals surface area contributed by atoms with Crippen LogP contribution in [0.15, 0.2) is 0 Å². The molecule has 0 saturated heterocycles. The molecule has 0 fully saturated rings. The summed E-state index contributed by atoms with van der Waals surface area (Å²) in [6.45, 7) is 18.2. The van der Waals surface area contributed by atoms with Crippen LogP contribution in [0.5, 0.6) is 0 Å². The quantitative estimate of drug-likeness (QED) is 0.0720. The molecule has 0 aliphatic rings. The fourth-order valence-electron chi connectivity index (χ4n) is 4.29. The molecule has 0 bridgehead atoms. The van der Waals surface area contributed by atoms with E-state index < -0.39 is 0 Å². The van der Waals surface area contributed by atoms with Gasteiger partial charge in [0.15, 0.2) is 0 Å². The molecule has 0 unspecified atom stereocenters. The lowest BCUT2D eigenvalue weighted by Gasteiger charge is -2.09. The minimum absolute atomic E-state index is 0.235. The summed E-state index contributed by atoms with van der Waals surface area (Å²) in [4.78, 5) is 0. The Bertz CT molecular complexity index is 543. The lowest BCUT2D eigenvalue weighted by Crippen LogP contribution is -2.15. The Balaban J connectivity index is 3.04.